The summed E-state index contributed by atoms with van der Waals surface area (Å²) in [6.07, 6.45) is 27.5. The molecule has 0 fully saturated rings. The minimum atomic E-state index is -3.50. The van der Waals surface area contributed by atoms with Crippen LogP contribution in [-0.4, -0.2) is 19.8 Å². The summed E-state index contributed by atoms with van der Waals surface area (Å²) in [6, 6.07) is 0. The van der Waals surface area contributed by atoms with Crippen LogP contribution >= 0.6 is 7.82 Å². The van der Waals surface area contributed by atoms with Crippen LogP contribution in [0.1, 0.15) is 176 Å². The van der Waals surface area contributed by atoms with E-state index in [0.717, 1.165) is 38.5 Å². The van der Waals surface area contributed by atoms with Crippen LogP contribution in [0, 0.1) is 11.8 Å². The van der Waals surface area contributed by atoms with Gasteiger partial charge in [-0.2, -0.15) is 0 Å². The lowest BCUT2D eigenvalue weighted by Gasteiger charge is -2.23. The first-order valence-electron chi connectivity index (χ1n) is 16.6. The number of rotatable bonds is 30. The van der Waals surface area contributed by atoms with Gasteiger partial charge in [0, 0.05) is 0 Å². The van der Waals surface area contributed by atoms with Crippen LogP contribution in [0.15, 0.2) is 0 Å². The summed E-state index contributed by atoms with van der Waals surface area (Å²) in [5, 5.41) is 0. The Balaban J connectivity index is 4.20. The number of hydrogen-bond donors (Lipinski definition) is 0. The van der Waals surface area contributed by atoms with E-state index >= 15 is 0 Å². The van der Waals surface area contributed by atoms with Crippen LogP contribution in [0.5, 0.6) is 0 Å². The zero-order valence-electron chi connectivity index (χ0n) is 25.9. The van der Waals surface area contributed by atoms with E-state index < -0.39 is 7.82 Å². The number of phosphoric acid groups is 1. The van der Waals surface area contributed by atoms with Gasteiger partial charge in [-0.15, -0.1) is 0 Å². The van der Waals surface area contributed by atoms with E-state index in [-0.39, 0.29) is 0 Å². The predicted octanol–water partition coefficient (Wildman–Crippen LogP) is 12.1. The minimum absolute atomic E-state index is 0.420. The van der Waals surface area contributed by atoms with Crippen molar-refractivity contribution in [3.05, 3.63) is 0 Å². The third-order valence-corrected chi connectivity index (χ3v) is 9.20. The topological polar surface area (TPSA) is 44.8 Å². The zero-order valence-corrected chi connectivity index (χ0v) is 26.8. The molecule has 224 valence electrons. The summed E-state index contributed by atoms with van der Waals surface area (Å²) in [5.74, 6) is 0.840. The van der Waals surface area contributed by atoms with Crippen LogP contribution in [-0.2, 0) is 18.1 Å². The zero-order chi connectivity index (χ0) is 27.5. The summed E-state index contributed by atoms with van der Waals surface area (Å²) in [7, 11) is -3.50. The van der Waals surface area contributed by atoms with E-state index in [2.05, 4.69) is 34.6 Å². The molecule has 0 aromatic carbocycles. The summed E-state index contributed by atoms with van der Waals surface area (Å²) in [4.78, 5) is 0. The average molecular weight is 547 g/mol. The Morgan fingerprint density at radius 2 is 0.811 bits per heavy atom. The smallest absolute Gasteiger partial charge is 0.287 e. The van der Waals surface area contributed by atoms with Crippen LogP contribution in [0.2, 0.25) is 0 Å². The number of hydrogen-bond acceptors (Lipinski definition) is 4. The molecule has 4 nitrogen and oxygen atoms in total. The van der Waals surface area contributed by atoms with Crippen molar-refractivity contribution in [1.29, 1.82) is 0 Å². The largest absolute Gasteiger partial charge is 0.474 e. The molecule has 0 amide bonds. The fourth-order valence-corrected chi connectivity index (χ4v) is 6.14. The Hall–Kier alpha value is 0.110. The molecule has 0 aromatic rings. The quantitative estimate of drug-likeness (QED) is 0.0664. The van der Waals surface area contributed by atoms with Gasteiger partial charge < -0.3 is 0 Å². The monoisotopic (exact) mass is 546 g/mol. The molecule has 0 spiro atoms. The van der Waals surface area contributed by atoms with Gasteiger partial charge in [0.05, 0.1) is 19.8 Å². The lowest BCUT2D eigenvalue weighted by molar-refractivity contribution is 0.0832. The SMILES string of the molecule is CCCCCCCCCCCCCCCCOP(=O)(OCC(CC)CCCC)OCC(CC)CCCC. The van der Waals surface area contributed by atoms with Gasteiger partial charge in [-0.05, 0) is 31.1 Å². The molecule has 2 unspecified atom stereocenters. The molecular formula is C32H67O4P. The van der Waals surface area contributed by atoms with Gasteiger partial charge in [-0.3, -0.25) is 13.6 Å². The highest BCUT2D eigenvalue weighted by Crippen LogP contribution is 2.51. The van der Waals surface area contributed by atoms with E-state index in [1.165, 1.54) is 103 Å². The molecule has 0 aliphatic carbocycles. The molecule has 0 rings (SSSR count). The summed E-state index contributed by atoms with van der Waals surface area (Å²) in [5.41, 5.74) is 0. The van der Waals surface area contributed by atoms with Gasteiger partial charge in [0.1, 0.15) is 0 Å². The molecule has 0 bridgehead atoms. The van der Waals surface area contributed by atoms with Crippen molar-refractivity contribution in [3.63, 3.8) is 0 Å². The molecular weight excluding hydrogens is 479 g/mol. The number of phosphoric ester groups is 1. The lowest BCUT2D eigenvalue weighted by Crippen LogP contribution is -2.14. The maximum Gasteiger partial charge on any atom is 0.474 e. The summed E-state index contributed by atoms with van der Waals surface area (Å²) in [6.45, 7) is 12.5. The normalized spacial score (nSPS) is 15.1. The Kier molecular flexibility index (Phi) is 27.8. The molecule has 5 heteroatoms. The fourth-order valence-electron chi connectivity index (χ4n) is 4.77. The Morgan fingerprint density at radius 1 is 0.459 bits per heavy atom. The van der Waals surface area contributed by atoms with E-state index in [1.54, 1.807) is 0 Å². The van der Waals surface area contributed by atoms with Gasteiger partial charge in [0.2, 0.25) is 0 Å². The van der Waals surface area contributed by atoms with Gasteiger partial charge in [0.15, 0.2) is 0 Å². The van der Waals surface area contributed by atoms with Gasteiger partial charge in [-0.25, -0.2) is 4.57 Å². The van der Waals surface area contributed by atoms with Crippen LogP contribution < -0.4 is 0 Å². The van der Waals surface area contributed by atoms with Crippen molar-refractivity contribution in [3.8, 4) is 0 Å². The molecule has 0 saturated carbocycles. The first kappa shape index (κ1) is 37.1. The van der Waals surface area contributed by atoms with E-state index in [9.17, 15) is 4.57 Å². The lowest BCUT2D eigenvalue weighted by atomic mass is 10.0. The second-order valence-corrected chi connectivity index (χ2v) is 13.0. The van der Waals surface area contributed by atoms with E-state index in [4.69, 9.17) is 13.6 Å². The van der Waals surface area contributed by atoms with Crippen LogP contribution in [0.25, 0.3) is 0 Å². The highest BCUT2D eigenvalue weighted by Gasteiger charge is 2.29. The van der Waals surface area contributed by atoms with Crippen molar-refractivity contribution < 1.29 is 18.1 Å². The highest BCUT2D eigenvalue weighted by atomic mass is 31.2. The molecule has 37 heavy (non-hydrogen) atoms. The Labute approximate surface area is 233 Å². The molecule has 0 aliphatic heterocycles. The second kappa shape index (κ2) is 27.7. The summed E-state index contributed by atoms with van der Waals surface area (Å²) >= 11 is 0. The molecule has 0 radical (unpaired) electrons. The second-order valence-electron chi connectivity index (χ2n) is 11.3. The standard InChI is InChI=1S/C32H67O4P/c1-6-11-14-15-16-17-18-19-20-21-22-23-24-25-28-34-37(33,35-29-31(9-4)26-12-7-2)36-30-32(10-5)27-13-8-3/h31-32H,6-30H2,1-5H3. The maximum atomic E-state index is 13.5. The Morgan fingerprint density at radius 3 is 1.16 bits per heavy atom. The van der Waals surface area contributed by atoms with Gasteiger partial charge in [0.25, 0.3) is 0 Å². The van der Waals surface area contributed by atoms with Crippen molar-refractivity contribution in [2.45, 2.75) is 176 Å². The molecule has 0 aromatic heterocycles. The minimum Gasteiger partial charge on any atom is -0.287 e. The third kappa shape index (κ3) is 23.7. The fraction of sp³-hybridized carbons (Fsp3) is 1.00. The first-order valence-corrected chi connectivity index (χ1v) is 18.0. The van der Waals surface area contributed by atoms with Gasteiger partial charge >= 0.3 is 7.82 Å². The maximum absolute atomic E-state index is 13.5. The first-order chi connectivity index (χ1) is 18.0. The van der Waals surface area contributed by atoms with E-state index in [0.29, 0.717) is 31.7 Å². The molecule has 0 saturated heterocycles. The molecule has 0 N–H and O–H groups in total. The molecule has 0 aliphatic rings. The number of unbranched alkanes of at least 4 members (excludes halogenated alkanes) is 15. The molecule has 0 heterocycles. The van der Waals surface area contributed by atoms with Crippen molar-refractivity contribution in [2.24, 2.45) is 11.8 Å². The van der Waals surface area contributed by atoms with Crippen molar-refractivity contribution in [1.82, 2.24) is 0 Å². The van der Waals surface area contributed by atoms with E-state index in [1.807, 2.05) is 0 Å². The van der Waals surface area contributed by atoms with Crippen molar-refractivity contribution in [2.75, 3.05) is 19.8 Å². The van der Waals surface area contributed by atoms with Crippen molar-refractivity contribution >= 4 is 7.82 Å². The summed E-state index contributed by atoms with van der Waals surface area (Å²) < 4.78 is 31.1. The predicted molar refractivity (Wildman–Crippen MR) is 162 cm³/mol. The van der Waals surface area contributed by atoms with Crippen LogP contribution in [0.3, 0.4) is 0 Å². The highest BCUT2D eigenvalue weighted by molar-refractivity contribution is 7.48. The van der Waals surface area contributed by atoms with Gasteiger partial charge in [-0.1, -0.05) is 157 Å². The van der Waals surface area contributed by atoms with Crippen LogP contribution in [0.4, 0.5) is 0 Å². The third-order valence-electron chi connectivity index (χ3n) is 7.77. The average Bonchev–Trinajstić information content (AvgIpc) is 2.91. The Bertz CT molecular complexity index is 475. The molecule has 2 atom stereocenters.